The van der Waals surface area contributed by atoms with Gasteiger partial charge in [-0.05, 0) is 44.0 Å². The van der Waals surface area contributed by atoms with Crippen LogP contribution in [0.1, 0.15) is 40.4 Å². The molecule has 0 unspecified atom stereocenters. The summed E-state index contributed by atoms with van der Waals surface area (Å²) in [5.41, 5.74) is 4.20. The fraction of sp³-hybridized carbons (Fsp3) is 0.304. The topological polar surface area (TPSA) is 92.4 Å². The summed E-state index contributed by atoms with van der Waals surface area (Å²) in [4.78, 5) is 12.0. The molecule has 0 bridgehead atoms. The first-order chi connectivity index (χ1) is 14.9. The smallest absolute Gasteiger partial charge is 0.339 e. The van der Waals surface area contributed by atoms with Crippen molar-refractivity contribution in [2.45, 2.75) is 30.6 Å². The molecule has 0 spiro atoms. The van der Waals surface area contributed by atoms with Crippen molar-refractivity contribution in [3.8, 4) is 11.3 Å². The molecule has 162 valence electrons. The van der Waals surface area contributed by atoms with E-state index in [9.17, 15) is 13.2 Å². The van der Waals surface area contributed by atoms with Crippen molar-refractivity contribution in [1.82, 2.24) is 14.5 Å². The molecule has 0 saturated carbocycles. The van der Waals surface area contributed by atoms with Gasteiger partial charge in [0.1, 0.15) is 0 Å². The van der Waals surface area contributed by atoms with Crippen LogP contribution < -0.4 is 0 Å². The van der Waals surface area contributed by atoms with Crippen LogP contribution in [-0.2, 0) is 14.8 Å². The predicted molar refractivity (Wildman–Crippen MR) is 117 cm³/mol. The number of carbonyl (C=O) groups excluding carboxylic acids is 1. The molecule has 1 fully saturated rings. The van der Waals surface area contributed by atoms with E-state index in [1.807, 2.05) is 25.1 Å². The molecule has 1 saturated heterocycles. The van der Waals surface area contributed by atoms with Gasteiger partial charge in [0.15, 0.2) is 0 Å². The second-order valence-electron chi connectivity index (χ2n) is 7.74. The summed E-state index contributed by atoms with van der Waals surface area (Å²) in [6.07, 6.45) is 1.35. The molecule has 1 aliphatic heterocycles. The van der Waals surface area contributed by atoms with E-state index in [1.54, 1.807) is 12.1 Å². The van der Waals surface area contributed by atoms with E-state index in [0.717, 1.165) is 17.0 Å². The monoisotopic (exact) mass is 439 g/mol. The molecular weight excluding hydrogens is 414 g/mol. The summed E-state index contributed by atoms with van der Waals surface area (Å²) in [6.45, 7) is 2.80. The molecule has 1 aliphatic rings. The highest BCUT2D eigenvalue weighted by Crippen LogP contribution is 2.32. The molecule has 0 radical (unpaired) electrons. The molecule has 31 heavy (non-hydrogen) atoms. The van der Waals surface area contributed by atoms with Crippen LogP contribution >= 0.6 is 0 Å². The Morgan fingerprint density at radius 3 is 2.55 bits per heavy atom. The van der Waals surface area contributed by atoms with Crippen LogP contribution in [0, 0.1) is 6.92 Å². The molecule has 3 aromatic rings. The van der Waals surface area contributed by atoms with Gasteiger partial charge in [0.2, 0.25) is 10.0 Å². The molecule has 1 aromatic heterocycles. The van der Waals surface area contributed by atoms with Crippen molar-refractivity contribution in [3.05, 3.63) is 71.4 Å². The number of benzene rings is 2. The fourth-order valence-electron chi connectivity index (χ4n) is 4.01. The lowest BCUT2D eigenvalue weighted by molar-refractivity contribution is 0.0596. The van der Waals surface area contributed by atoms with Crippen LogP contribution in [0.3, 0.4) is 0 Å². The Hall–Kier alpha value is -2.97. The number of sulfonamides is 1. The summed E-state index contributed by atoms with van der Waals surface area (Å²) >= 11 is 0. The molecule has 8 heteroatoms. The number of aryl methyl sites for hydroxylation is 1. The van der Waals surface area contributed by atoms with Crippen LogP contribution in [0.2, 0.25) is 0 Å². The second-order valence-corrected chi connectivity index (χ2v) is 9.65. The second kappa shape index (κ2) is 8.64. The van der Waals surface area contributed by atoms with Crippen LogP contribution in [0.25, 0.3) is 11.3 Å². The SMILES string of the molecule is COC(=O)c1ccccc1S(=O)(=O)N1CCC(c2cc(-c3cccc(C)c3)n[nH]2)CC1. The third-order valence-electron chi connectivity index (χ3n) is 5.72. The quantitative estimate of drug-likeness (QED) is 0.612. The van der Waals surface area contributed by atoms with Crippen LogP contribution in [0.5, 0.6) is 0 Å². The number of esters is 1. The highest BCUT2D eigenvalue weighted by Gasteiger charge is 2.33. The average Bonchev–Trinajstić information content (AvgIpc) is 3.29. The summed E-state index contributed by atoms with van der Waals surface area (Å²) in [5, 5.41) is 7.58. The van der Waals surface area contributed by atoms with Crippen molar-refractivity contribution in [2.24, 2.45) is 0 Å². The Morgan fingerprint density at radius 2 is 1.84 bits per heavy atom. The summed E-state index contributed by atoms with van der Waals surface area (Å²) in [6, 6.07) is 16.4. The van der Waals surface area contributed by atoms with E-state index in [4.69, 9.17) is 4.74 Å². The van der Waals surface area contributed by atoms with Gasteiger partial charge in [0.25, 0.3) is 0 Å². The first-order valence-corrected chi connectivity index (χ1v) is 11.6. The molecule has 1 N–H and O–H groups in total. The standard InChI is InChI=1S/C23H25N3O4S/c1-16-6-5-7-18(14-16)21-15-20(24-25-21)17-10-12-26(13-11-17)31(28,29)22-9-4-3-8-19(22)23(27)30-2/h3-9,14-15,17H,10-13H2,1-2H3,(H,24,25). The maximum Gasteiger partial charge on any atom is 0.339 e. The number of rotatable bonds is 5. The number of piperidine rings is 1. The average molecular weight is 440 g/mol. The molecule has 7 nitrogen and oxygen atoms in total. The molecule has 0 amide bonds. The highest BCUT2D eigenvalue weighted by atomic mass is 32.2. The molecule has 0 atom stereocenters. The molecule has 4 rings (SSSR count). The van der Waals surface area contributed by atoms with Crippen LogP contribution in [-0.4, -0.2) is 49.1 Å². The number of nitrogens with zero attached hydrogens (tertiary/aromatic N) is 2. The van der Waals surface area contributed by atoms with E-state index in [0.29, 0.717) is 25.9 Å². The van der Waals surface area contributed by atoms with E-state index in [1.165, 1.54) is 29.1 Å². The van der Waals surface area contributed by atoms with E-state index >= 15 is 0 Å². The number of H-pyrrole nitrogens is 1. The Balaban J connectivity index is 1.49. The summed E-state index contributed by atoms with van der Waals surface area (Å²) < 4.78 is 32.6. The Bertz CT molecular complexity index is 1190. The number of hydrogen-bond acceptors (Lipinski definition) is 5. The minimum atomic E-state index is -3.79. The lowest BCUT2D eigenvalue weighted by atomic mass is 9.94. The normalized spacial score (nSPS) is 15.7. The van der Waals surface area contributed by atoms with E-state index in [-0.39, 0.29) is 16.4 Å². The Morgan fingerprint density at radius 1 is 1.10 bits per heavy atom. The van der Waals surface area contributed by atoms with Gasteiger partial charge in [-0.2, -0.15) is 9.40 Å². The summed E-state index contributed by atoms with van der Waals surface area (Å²) in [7, 11) is -2.55. The lowest BCUT2D eigenvalue weighted by Crippen LogP contribution is -2.38. The minimum absolute atomic E-state index is 0.0106. The van der Waals surface area contributed by atoms with Crippen molar-refractivity contribution >= 4 is 16.0 Å². The van der Waals surface area contributed by atoms with Gasteiger partial charge < -0.3 is 4.74 Å². The van der Waals surface area contributed by atoms with Gasteiger partial charge in [-0.15, -0.1) is 0 Å². The number of ether oxygens (including phenoxy) is 1. The lowest BCUT2D eigenvalue weighted by Gasteiger charge is -2.31. The maximum atomic E-state index is 13.2. The van der Waals surface area contributed by atoms with E-state index < -0.39 is 16.0 Å². The Kier molecular flexibility index (Phi) is 5.93. The largest absolute Gasteiger partial charge is 0.465 e. The van der Waals surface area contributed by atoms with Crippen molar-refractivity contribution in [2.75, 3.05) is 20.2 Å². The summed E-state index contributed by atoms with van der Waals surface area (Å²) in [5.74, 6) is -0.455. The molecule has 2 aromatic carbocycles. The van der Waals surface area contributed by atoms with Gasteiger partial charge in [-0.1, -0.05) is 35.9 Å². The van der Waals surface area contributed by atoms with Crippen LogP contribution in [0.15, 0.2) is 59.5 Å². The first kappa shape index (κ1) is 21.3. The van der Waals surface area contributed by atoms with Gasteiger partial charge in [-0.25, -0.2) is 13.2 Å². The van der Waals surface area contributed by atoms with Crippen LogP contribution in [0.4, 0.5) is 0 Å². The van der Waals surface area contributed by atoms with Crippen molar-refractivity contribution in [3.63, 3.8) is 0 Å². The third-order valence-corrected chi connectivity index (χ3v) is 7.67. The van der Waals surface area contributed by atoms with Gasteiger partial charge >= 0.3 is 5.97 Å². The number of aromatic amines is 1. The first-order valence-electron chi connectivity index (χ1n) is 10.2. The Labute approximate surface area is 182 Å². The molecule has 2 heterocycles. The molecule has 0 aliphatic carbocycles. The number of nitrogens with one attached hydrogen (secondary N) is 1. The van der Waals surface area contributed by atoms with Crippen molar-refractivity contribution in [1.29, 1.82) is 0 Å². The van der Waals surface area contributed by atoms with Gasteiger partial charge in [0.05, 0.1) is 23.3 Å². The number of methoxy groups -OCH3 is 1. The van der Waals surface area contributed by atoms with Gasteiger partial charge in [0, 0.05) is 30.3 Å². The zero-order valence-electron chi connectivity index (χ0n) is 17.5. The number of aromatic nitrogens is 2. The van der Waals surface area contributed by atoms with Gasteiger partial charge in [-0.3, -0.25) is 5.10 Å². The maximum absolute atomic E-state index is 13.2. The van der Waals surface area contributed by atoms with E-state index in [2.05, 4.69) is 22.3 Å². The third kappa shape index (κ3) is 4.26. The molecular formula is C23H25N3O4S. The number of carbonyl (C=O) groups is 1. The predicted octanol–water partition coefficient (Wildman–Crippen LogP) is 3.74. The zero-order chi connectivity index (χ0) is 22.0. The van der Waals surface area contributed by atoms with Crippen molar-refractivity contribution < 1.29 is 17.9 Å². The minimum Gasteiger partial charge on any atom is -0.465 e. The fourth-order valence-corrected chi connectivity index (χ4v) is 5.66. The number of hydrogen-bond donors (Lipinski definition) is 1. The highest BCUT2D eigenvalue weighted by molar-refractivity contribution is 7.89. The zero-order valence-corrected chi connectivity index (χ0v) is 18.4.